The summed E-state index contributed by atoms with van der Waals surface area (Å²) in [5.41, 5.74) is 0.570. The number of carboxylic acid groups (broad SMARTS) is 2. The zero-order valence-electron chi connectivity index (χ0n) is 12.8. The Morgan fingerprint density at radius 2 is 1.67 bits per heavy atom. The first-order valence-electron chi connectivity index (χ1n) is 6.63. The topological polar surface area (TPSA) is 144 Å². The highest BCUT2D eigenvalue weighted by atomic mass is 35.5. The number of rotatable bonds is 3. The molecule has 0 amide bonds. The first kappa shape index (κ1) is 22.3. The molecule has 136 valence electrons. The summed E-state index contributed by atoms with van der Waals surface area (Å²) in [6, 6.07) is 4.01. The van der Waals surface area contributed by atoms with Gasteiger partial charge in [-0.05, 0) is 24.6 Å². The summed E-state index contributed by atoms with van der Waals surface area (Å²) in [6.07, 6.45) is 0. The van der Waals surface area contributed by atoms with Gasteiger partial charge in [-0.25, -0.2) is 9.59 Å². The summed E-state index contributed by atoms with van der Waals surface area (Å²) in [4.78, 5) is 21.1. The molecule has 0 atom stereocenters. The SMILES string of the molecule is Cc1ccc(C(=O)O)cc1C(=O)O.Cl.O=S(=O)(O)N1CCNCC1. The summed E-state index contributed by atoms with van der Waals surface area (Å²) in [7, 11) is -3.93. The number of hydrogen-bond donors (Lipinski definition) is 4. The molecular weight excluding hydrogens is 364 g/mol. The van der Waals surface area contributed by atoms with Crippen molar-refractivity contribution < 1.29 is 32.8 Å². The predicted octanol–water partition coefficient (Wildman–Crippen LogP) is 0.508. The van der Waals surface area contributed by atoms with E-state index in [0.29, 0.717) is 31.7 Å². The lowest BCUT2D eigenvalue weighted by atomic mass is 10.1. The summed E-state index contributed by atoms with van der Waals surface area (Å²) >= 11 is 0. The molecule has 9 nitrogen and oxygen atoms in total. The average molecular weight is 383 g/mol. The van der Waals surface area contributed by atoms with Crippen LogP contribution in [0.5, 0.6) is 0 Å². The summed E-state index contributed by atoms with van der Waals surface area (Å²) in [5, 5.41) is 20.2. The van der Waals surface area contributed by atoms with E-state index < -0.39 is 22.2 Å². The molecule has 0 bridgehead atoms. The highest BCUT2D eigenvalue weighted by molar-refractivity contribution is 7.83. The Morgan fingerprint density at radius 3 is 2.04 bits per heavy atom. The number of carboxylic acids is 2. The minimum Gasteiger partial charge on any atom is -0.478 e. The third kappa shape index (κ3) is 6.81. The molecule has 0 aromatic heterocycles. The molecular formula is C13H19ClN2O7S. The molecule has 0 spiro atoms. The smallest absolute Gasteiger partial charge is 0.335 e. The van der Waals surface area contributed by atoms with Crippen LogP contribution in [0.2, 0.25) is 0 Å². The number of carbonyl (C=O) groups is 2. The Bertz CT molecular complexity index is 688. The van der Waals surface area contributed by atoms with Crippen LogP contribution in [-0.4, -0.2) is 65.6 Å². The number of hydrogen-bond acceptors (Lipinski definition) is 5. The summed E-state index contributed by atoms with van der Waals surface area (Å²) < 4.78 is 30.4. The van der Waals surface area contributed by atoms with Crippen LogP contribution < -0.4 is 5.32 Å². The highest BCUT2D eigenvalue weighted by Gasteiger charge is 2.20. The predicted molar refractivity (Wildman–Crippen MR) is 88.3 cm³/mol. The van der Waals surface area contributed by atoms with Crippen molar-refractivity contribution in [2.45, 2.75) is 6.92 Å². The third-order valence-electron chi connectivity index (χ3n) is 3.12. The van der Waals surface area contributed by atoms with Crippen LogP contribution in [0.15, 0.2) is 18.2 Å². The van der Waals surface area contributed by atoms with Crippen molar-refractivity contribution in [1.82, 2.24) is 9.62 Å². The first-order chi connectivity index (χ1) is 10.6. The van der Waals surface area contributed by atoms with Gasteiger partial charge in [0.2, 0.25) is 0 Å². The van der Waals surface area contributed by atoms with E-state index in [0.717, 1.165) is 10.4 Å². The zero-order chi connectivity index (χ0) is 17.6. The molecule has 1 heterocycles. The monoisotopic (exact) mass is 382 g/mol. The van der Waals surface area contributed by atoms with Gasteiger partial charge in [0, 0.05) is 26.2 Å². The van der Waals surface area contributed by atoms with Crippen molar-refractivity contribution in [2.24, 2.45) is 0 Å². The first-order valence-corrected chi connectivity index (χ1v) is 8.03. The lowest BCUT2D eigenvalue weighted by Gasteiger charge is -2.23. The number of aromatic carboxylic acids is 2. The Hall–Kier alpha value is -1.72. The van der Waals surface area contributed by atoms with Gasteiger partial charge >= 0.3 is 22.2 Å². The Morgan fingerprint density at radius 1 is 1.12 bits per heavy atom. The molecule has 1 aromatic rings. The van der Waals surface area contributed by atoms with E-state index in [1.807, 2.05) is 0 Å². The minimum atomic E-state index is -3.93. The molecule has 1 aliphatic heterocycles. The Balaban J connectivity index is 0.000000436. The molecule has 2 rings (SSSR count). The van der Waals surface area contributed by atoms with Crippen molar-refractivity contribution in [3.8, 4) is 0 Å². The zero-order valence-corrected chi connectivity index (χ0v) is 14.4. The number of halogens is 1. The Labute approximate surface area is 145 Å². The lowest BCUT2D eigenvalue weighted by Crippen LogP contribution is -2.46. The molecule has 0 unspecified atom stereocenters. The van der Waals surface area contributed by atoms with Crippen molar-refractivity contribution in [3.05, 3.63) is 34.9 Å². The van der Waals surface area contributed by atoms with Gasteiger partial charge in [0.25, 0.3) is 0 Å². The van der Waals surface area contributed by atoms with E-state index in [4.69, 9.17) is 14.8 Å². The van der Waals surface area contributed by atoms with Gasteiger partial charge < -0.3 is 15.5 Å². The second kappa shape index (κ2) is 9.55. The molecule has 1 saturated heterocycles. The van der Waals surface area contributed by atoms with E-state index in [-0.39, 0.29) is 23.5 Å². The van der Waals surface area contributed by atoms with E-state index in [1.165, 1.54) is 12.1 Å². The van der Waals surface area contributed by atoms with Gasteiger partial charge in [-0.2, -0.15) is 12.7 Å². The maximum absolute atomic E-state index is 10.6. The molecule has 0 saturated carbocycles. The second-order valence-corrected chi connectivity index (χ2v) is 6.18. The van der Waals surface area contributed by atoms with Crippen molar-refractivity contribution >= 4 is 34.6 Å². The number of benzene rings is 1. The number of nitrogens with zero attached hydrogens (tertiary/aromatic N) is 1. The van der Waals surface area contributed by atoms with Crippen LogP contribution in [0.1, 0.15) is 26.3 Å². The maximum Gasteiger partial charge on any atom is 0.335 e. The van der Waals surface area contributed by atoms with Crippen molar-refractivity contribution in [1.29, 1.82) is 0 Å². The van der Waals surface area contributed by atoms with Gasteiger partial charge in [0.1, 0.15) is 0 Å². The van der Waals surface area contributed by atoms with Crippen molar-refractivity contribution in [3.63, 3.8) is 0 Å². The van der Waals surface area contributed by atoms with E-state index in [2.05, 4.69) is 5.32 Å². The normalized spacial score (nSPS) is 14.8. The van der Waals surface area contributed by atoms with Gasteiger partial charge in [-0.1, -0.05) is 6.07 Å². The van der Waals surface area contributed by atoms with Crippen LogP contribution in [-0.2, 0) is 10.3 Å². The molecule has 1 aliphatic rings. The number of nitrogens with one attached hydrogen (secondary N) is 1. The largest absolute Gasteiger partial charge is 0.478 e. The molecule has 1 fully saturated rings. The quantitative estimate of drug-likeness (QED) is 0.553. The van der Waals surface area contributed by atoms with Crippen LogP contribution >= 0.6 is 12.4 Å². The van der Waals surface area contributed by atoms with Crippen molar-refractivity contribution in [2.75, 3.05) is 26.2 Å². The van der Waals surface area contributed by atoms with E-state index in [1.54, 1.807) is 6.92 Å². The minimum absolute atomic E-state index is 0. The standard InChI is InChI=1S/C9H8O4.C4H10N2O3S.ClH/c1-5-2-3-6(8(10)11)4-7(5)9(12)13;7-10(8,9)6-3-1-5-2-4-6;/h2-4H,1H3,(H,10,11)(H,12,13);5H,1-4H2,(H,7,8,9);1H. The third-order valence-corrected chi connectivity index (χ3v) is 4.13. The fraction of sp³-hybridized carbons (Fsp3) is 0.385. The van der Waals surface area contributed by atoms with E-state index in [9.17, 15) is 18.0 Å². The van der Waals surface area contributed by atoms with Gasteiger partial charge in [-0.15, -0.1) is 12.4 Å². The summed E-state index contributed by atoms with van der Waals surface area (Å²) in [5.74, 6) is -2.23. The number of aryl methyl sites for hydroxylation is 1. The van der Waals surface area contributed by atoms with Crippen LogP contribution in [0.4, 0.5) is 0 Å². The lowest BCUT2D eigenvalue weighted by molar-refractivity contribution is 0.0695. The maximum atomic E-state index is 10.6. The van der Waals surface area contributed by atoms with Crippen LogP contribution in [0.25, 0.3) is 0 Å². The molecule has 24 heavy (non-hydrogen) atoms. The highest BCUT2D eigenvalue weighted by Crippen LogP contribution is 2.11. The fourth-order valence-corrected chi connectivity index (χ4v) is 2.50. The molecule has 11 heteroatoms. The molecule has 1 aromatic carbocycles. The van der Waals surface area contributed by atoms with Crippen LogP contribution in [0, 0.1) is 6.92 Å². The fourth-order valence-electron chi connectivity index (χ4n) is 1.86. The summed E-state index contributed by atoms with van der Waals surface area (Å²) in [6.45, 7) is 3.56. The Kier molecular flexibility index (Phi) is 8.86. The number of piperazine rings is 1. The van der Waals surface area contributed by atoms with Gasteiger partial charge in [0.05, 0.1) is 11.1 Å². The molecule has 4 N–H and O–H groups in total. The molecule has 0 aliphatic carbocycles. The van der Waals surface area contributed by atoms with E-state index >= 15 is 0 Å². The van der Waals surface area contributed by atoms with Gasteiger partial charge in [0.15, 0.2) is 0 Å². The second-order valence-electron chi connectivity index (χ2n) is 4.77. The average Bonchev–Trinajstić information content (AvgIpc) is 2.48. The van der Waals surface area contributed by atoms with Gasteiger partial charge in [-0.3, -0.25) is 4.55 Å². The van der Waals surface area contributed by atoms with Crippen LogP contribution in [0.3, 0.4) is 0 Å². The molecule has 0 radical (unpaired) electrons.